The fraction of sp³-hybridized carbons (Fsp3) is 0.440. The number of hydrogen-bond acceptors (Lipinski definition) is 3. The zero-order valence-electron chi connectivity index (χ0n) is 17.6. The average Bonchev–Trinajstić information content (AvgIpc) is 3.16. The zero-order chi connectivity index (χ0) is 20.9. The van der Waals surface area contributed by atoms with Gasteiger partial charge in [0.2, 0.25) is 11.8 Å². The van der Waals surface area contributed by atoms with Gasteiger partial charge in [0.05, 0.1) is 5.75 Å². The summed E-state index contributed by atoms with van der Waals surface area (Å²) in [5.41, 5.74) is 4.10. The molecule has 2 fully saturated rings. The maximum atomic E-state index is 12.8. The minimum atomic E-state index is -0.0676. The zero-order valence-corrected chi connectivity index (χ0v) is 18.4. The van der Waals surface area contributed by atoms with Crippen LogP contribution in [0.3, 0.4) is 0 Å². The molecule has 30 heavy (non-hydrogen) atoms. The molecule has 0 bridgehead atoms. The van der Waals surface area contributed by atoms with E-state index >= 15 is 0 Å². The molecule has 1 N–H and O–H groups in total. The van der Waals surface area contributed by atoms with Crippen LogP contribution in [0.5, 0.6) is 0 Å². The highest BCUT2D eigenvalue weighted by Crippen LogP contribution is 2.43. The number of aryl methyl sites for hydroxylation is 1. The van der Waals surface area contributed by atoms with Gasteiger partial charge in [-0.25, -0.2) is 0 Å². The van der Waals surface area contributed by atoms with Crippen LogP contribution in [0.15, 0.2) is 48.5 Å². The molecule has 1 saturated carbocycles. The third-order valence-corrected chi connectivity index (χ3v) is 7.27. The van der Waals surface area contributed by atoms with Crippen LogP contribution in [0.25, 0.3) is 0 Å². The van der Waals surface area contributed by atoms with Crippen molar-refractivity contribution in [1.82, 2.24) is 0 Å². The molecule has 1 atom stereocenters. The number of carbonyl (C=O) groups is 2. The summed E-state index contributed by atoms with van der Waals surface area (Å²) in [6.07, 6.45) is 7.49. The van der Waals surface area contributed by atoms with Gasteiger partial charge >= 0.3 is 0 Å². The molecule has 2 aromatic rings. The summed E-state index contributed by atoms with van der Waals surface area (Å²) < 4.78 is 0. The van der Waals surface area contributed by atoms with E-state index in [4.69, 9.17) is 0 Å². The summed E-state index contributed by atoms with van der Waals surface area (Å²) in [6.45, 7) is 2.16. The fourth-order valence-corrected chi connectivity index (χ4v) is 5.70. The summed E-state index contributed by atoms with van der Waals surface area (Å²) in [5, 5.41) is 3.05. The van der Waals surface area contributed by atoms with Crippen LogP contribution in [-0.2, 0) is 16.0 Å². The maximum absolute atomic E-state index is 12.8. The Kier molecular flexibility index (Phi) is 6.78. The highest BCUT2D eigenvalue weighted by Gasteiger charge is 2.35. The predicted molar refractivity (Wildman–Crippen MR) is 125 cm³/mol. The van der Waals surface area contributed by atoms with Gasteiger partial charge in [-0.05, 0) is 48.6 Å². The smallest absolute Gasteiger partial charge is 0.238 e. The molecular weight excluding hydrogens is 392 g/mol. The molecule has 5 heteroatoms. The normalized spacial score (nSPS) is 19.8. The van der Waals surface area contributed by atoms with E-state index < -0.39 is 0 Å². The molecule has 4 rings (SSSR count). The number of anilines is 2. The van der Waals surface area contributed by atoms with Crippen LogP contribution in [0.2, 0.25) is 0 Å². The van der Waals surface area contributed by atoms with Gasteiger partial charge in [0.1, 0.15) is 5.37 Å². The van der Waals surface area contributed by atoms with Crippen LogP contribution in [0.4, 0.5) is 11.4 Å². The van der Waals surface area contributed by atoms with Gasteiger partial charge in [-0.2, -0.15) is 0 Å². The van der Waals surface area contributed by atoms with E-state index in [1.54, 1.807) is 11.8 Å². The largest absolute Gasteiger partial charge is 0.326 e. The van der Waals surface area contributed by atoms with Crippen LogP contribution in [0.1, 0.15) is 61.9 Å². The molecule has 1 heterocycles. The number of amides is 2. The molecule has 158 valence electrons. The van der Waals surface area contributed by atoms with Gasteiger partial charge in [0, 0.05) is 17.3 Å². The Balaban J connectivity index is 1.56. The molecule has 0 radical (unpaired) electrons. The lowest BCUT2D eigenvalue weighted by Gasteiger charge is -2.27. The van der Waals surface area contributed by atoms with E-state index in [1.165, 1.54) is 12.0 Å². The Bertz CT molecular complexity index is 908. The number of nitrogens with one attached hydrogen (secondary N) is 1. The number of nitrogens with zero attached hydrogens (tertiary/aromatic N) is 1. The molecule has 2 aliphatic rings. The van der Waals surface area contributed by atoms with E-state index in [1.807, 2.05) is 35.2 Å². The second-order valence-electron chi connectivity index (χ2n) is 8.26. The van der Waals surface area contributed by atoms with E-state index in [2.05, 4.69) is 30.4 Å². The molecule has 2 aromatic carbocycles. The first-order valence-electron chi connectivity index (χ1n) is 11.1. The molecule has 1 aliphatic heterocycles. The molecular formula is C25H30N2O2S. The van der Waals surface area contributed by atoms with Gasteiger partial charge in [0.15, 0.2) is 0 Å². The molecule has 2 amide bonds. The lowest BCUT2D eigenvalue weighted by molar-refractivity contribution is -0.120. The van der Waals surface area contributed by atoms with Gasteiger partial charge < -0.3 is 5.32 Å². The highest BCUT2D eigenvalue weighted by molar-refractivity contribution is 8.00. The maximum Gasteiger partial charge on any atom is 0.238 e. The third kappa shape index (κ3) is 4.56. The van der Waals surface area contributed by atoms with Crippen molar-refractivity contribution >= 4 is 35.0 Å². The Morgan fingerprint density at radius 1 is 1.10 bits per heavy atom. The van der Waals surface area contributed by atoms with E-state index in [9.17, 15) is 9.59 Å². The summed E-state index contributed by atoms with van der Waals surface area (Å²) in [6, 6.07) is 16.2. The third-order valence-electron chi connectivity index (χ3n) is 6.05. The van der Waals surface area contributed by atoms with Gasteiger partial charge in [0.25, 0.3) is 0 Å². The number of para-hydroxylation sites is 1. The number of hydrogen-bond donors (Lipinski definition) is 1. The number of benzene rings is 2. The van der Waals surface area contributed by atoms with Crippen molar-refractivity contribution in [2.24, 2.45) is 5.92 Å². The minimum Gasteiger partial charge on any atom is -0.326 e. The van der Waals surface area contributed by atoms with Crippen molar-refractivity contribution in [2.45, 2.75) is 57.2 Å². The molecule has 1 aliphatic carbocycles. The first-order valence-corrected chi connectivity index (χ1v) is 12.1. The predicted octanol–water partition coefficient (Wildman–Crippen LogP) is 5.94. The van der Waals surface area contributed by atoms with Crippen LogP contribution < -0.4 is 10.2 Å². The van der Waals surface area contributed by atoms with Gasteiger partial charge in [-0.15, -0.1) is 11.8 Å². The quantitative estimate of drug-likeness (QED) is 0.627. The Morgan fingerprint density at radius 2 is 1.90 bits per heavy atom. The van der Waals surface area contributed by atoms with Crippen molar-refractivity contribution < 1.29 is 9.59 Å². The van der Waals surface area contributed by atoms with Gasteiger partial charge in [-0.1, -0.05) is 62.9 Å². The topological polar surface area (TPSA) is 49.4 Å². The number of rotatable bonds is 6. The lowest BCUT2D eigenvalue weighted by Crippen LogP contribution is -2.29. The van der Waals surface area contributed by atoms with E-state index in [0.717, 1.165) is 55.5 Å². The minimum absolute atomic E-state index is 0.0676. The van der Waals surface area contributed by atoms with Crippen LogP contribution in [0, 0.1) is 5.92 Å². The molecule has 0 spiro atoms. The van der Waals surface area contributed by atoms with E-state index in [0.29, 0.717) is 5.75 Å². The molecule has 0 unspecified atom stereocenters. The summed E-state index contributed by atoms with van der Waals surface area (Å²) in [5.74, 6) is 0.878. The number of thioether (sulfide) groups is 1. The summed E-state index contributed by atoms with van der Waals surface area (Å²) in [7, 11) is 0. The first-order chi connectivity index (χ1) is 14.7. The molecule has 1 saturated heterocycles. The van der Waals surface area contributed by atoms with Gasteiger partial charge in [-0.3, -0.25) is 14.5 Å². The molecule has 0 aromatic heterocycles. The van der Waals surface area contributed by atoms with Crippen molar-refractivity contribution in [3.05, 3.63) is 59.7 Å². The summed E-state index contributed by atoms with van der Waals surface area (Å²) in [4.78, 5) is 27.4. The Hall–Kier alpha value is -2.27. The average molecular weight is 423 g/mol. The second kappa shape index (κ2) is 9.69. The van der Waals surface area contributed by atoms with Crippen molar-refractivity contribution in [3.63, 3.8) is 0 Å². The van der Waals surface area contributed by atoms with Crippen molar-refractivity contribution in [2.75, 3.05) is 16.0 Å². The van der Waals surface area contributed by atoms with Crippen molar-refractivity contribution in [3.8, 4) is 0 Å². The second-order valence-corrected chi connectivity index (χ2v) is 9.32. The van der Waals surface area contributed by atoms with Crippen molar-refractivity contribution in [1.29, 1.82) is 0 Å². The molecule has 4 nitrogen and oxygen atoms in total. The highest BCUT2D eigenvalue weighted by atomic mass is 32.2. The summed E-state index contributed by atoms with van der Waals surface area (Å²) >= 11 is 1.65. The van der Waals surface area contributed by atoms with E-state index in [-0.39, 0.29) is 23.1 Å². The Labute approximate surface area is 183 Å². The number of carbonyl (C=O) groups excluding carboxylic acids is 2. The SMILES string of the molecule is CCCc1ccccc1N1C(=O)CS[C@@H]1c1cccc(NC(=O)C2CCCCC2)c1. The van der Waals surface area contributed by atoms with Crippen LogP contribution >= 0.6 is 11.8 Å². The van der Waals surface area contributed by atoms with Crippen LogP contribution in [-0.4, -0.2) is 17.6 Å². The Morgan fingerprint density at radius 3 is 2.70 bits per heavy atom. The monoisotopic (exact) mass is 422 g/mol. The first kappa shape index (κ1) is 21.0. The standard InChI is InChI=1S/C25H30N2O2S/c1-2-9-18-10-6-7-15-22(18)27-23(28)17-30-25(27)20-13-8-14-21(16-20)26-24(29)19-11-4-3-5-12-19/h6-8,10,13-16,19,25H,2-5,9,11-12,17H2,1H3,(H,26,29)/t25-/m1/s1. The lowest BCUT2D eigenvalue weighted by atomic mass is 9.88. The fourth-order valence-electron chi connectivity index (χ4n) is 4.54.